The molecule has 0 aliphatic carbocycles. The second-order valence-corrected chi connectivity index (χ2v) is 5.80. The van der Waals surface area contributed by atoms with E-state index >= 15 is 0 Å². The fourth-order valence-electron chi connectivity index (χ4n) is 1.71. The lowest BCUT2D eigenvalue weighted by Crippen LogP contribution is -2.14. The van der Waals surface area contributed by atoms with Crippen LogP contribution in [0.25, 0.3) is 0 Å². The maximum absolute atomic E-state index is 12.0. The molecule has 20 heavy (non-hydrogen) atoms. The zero-order valence-corrected chi connectivity index (χ0v) is 12.7. The van der Waals surface area contributed by atoms with Gasteiger partial charge >= 0.3 is 0 Å². The number of hydrogen-bond acceptors (Lipinski definition) is 4. The number of methoxy groups -OCH3 is 2. The Labute approximate surface area is 126 Å². The molecule has 106 valence electrons. The van der Waals surface area contributed by atoms with Gasteiger partial charge < -0.3 is 14.8 Å². The highest BCUT2D eigenvalue weighted by atomic mass is 35.5. The van der Waals surface area contributed by atoms with E-state index in [0.29, 0.717) is 21.5 Å². The number of hydrogen-bond donors (Lipinski definition) is 1. The van der Waals surface area contributed by atoms with Crippen molar-refractivity contribution in [3.05, 3.63) is 39.5 Å². The minimum absolute atomic E-state index is 0.130. The number of benzene rings is 1. The predicted octanol–water partition coefficient (Wildman–Crippen LogP) is 3.60. The summed E-state index contributed by atoms with van der Waals surface area (Å²) >= 11 is 7.23. The van der Waals surface area contributed by atoms with Crippen LogP contribution in [0.5, 0.6) is 11.5 Å². The van der Waals surface area contributed by atoms with Gasteiger partial charge in [-0.25, -0.2) is 0 Å². The molecule has 2 aromatic rings. The Morgan fingerprint density at radius 2 is 2.05 bits per heavy atom. The van der Waals surface area contributed by atoms with Crippen molar-refractivity contribution >= 4 is 34.5 Å². The van der Waals surface area contributed by atoms with E-state index in [1.54, 1.807) is 38.5 Å². The summed E-state index contributed by atoms with van der Waals surface area (Å²) in [5, 5.41) is 2.81. The van der Waals surface area contributed by atoms with Crippen molar-refractivity contribution in [3.8, 4) is 11.5 Å². The molecule has 0 saturated heterocycles. The van der Waals surface area contributed by atoms with E-state index in [1.807, 2.05) is 6.07 Å². The molecule has 0 unspecified atom stereocenters. The van der Waals surface area contributed by atoms with Gasteiger partial charge in [0.15, 0.2) is 0 Å². The van der Waals surface area contributed by atoms with Gasteiger partial charge in [-0.1, -0.05) is 11.6 Å². The quantitative estimate of drug-likeness (QED) is 0.917. The molecule has 0 spiro atoms. The largest absolute Gasteiger partial charge is 0.497 e. The number of nitrogens with one attached hydrogen (secondary N) is 1. The van der Waals surface area contributed by atoms with Crippen LogP contribution in [-0.4, -0.2) is 20.1 Å². The monoisotopic (exact) mass is 311 g/mol. The minimum atomic E-state index is -0.130. The van der Waals surface area contributed by atoms with Gasteiger partial charge in [-0.15, -0.1) is 11.3 Å². The van der Waals surface area contributed by atoms with E-state index in [1.165, 1.54) is 11.3 Å². The first-order valence-electron chi connectivity index (χ1n) is 5.88. The van der Waals surface area contributed by atoms with Crippen molar-refractivity contribution in [1.29, 1.82) is 0 Å². The Hall–Kier alpha value is -1.72. The molecule has 1 aromatic heterocycles. The third kappa shape index (κ3) is 3.65. The zero-order chi connectivity index (χ0) is 14.5. The van der Waals surface area contributed by atoms with Crippen molar-refractivity contribution in [2.45, 2.75) is 6.42 Å². The average Bonchev–Trinajstić information content (AvgIpc) is 2.83. The molecule has 0 aliphatic rings. The first-order valence-corrected chi connectivity index (χ1v) is 7.08. The lowest BCUT2D eigenvalue weighted by Gasteiger charge is -2.11. The summed E-state index contributed by atoms with van der Waals surface area (Å²) in [5.41, 5.74) is 0.583. The number of ether oxygens (including phenoxy) is 2. The Kier molecular flexibility index (Phi) is 4.87. The summed E-state index contributed by atoms with van der Waals surface area (Å²) in [6, 6.07) is 8.86. The van der Waals surface area contributed by atoms with Crippen molar-refractivity contribution in [2.75, 3.05) is 19.5 Å². The number of anilines is 1. The van der Waals surface area contributed by atoms with Crippen LogP contribution in [0.1, 0.15) is 4.88 Å². The number of carbonyl (C=O) groups is 1. The molecule has 0 atom stereocenters. The van der Waals surface area contributed by atoms with Crippen LogP contribution in [0.15, 0.2) is 30.3 Å². The molecule has 1 aromatic carbocycles. The number of carbonyl (C=O) groups excluding carboxylic acids is 1. The van der Waals surface area contributed by atoms with E-state index in [4.69, 9.17) is 21.1 Å². The summed E-state index contributed by atoms with van der Waals surface area (Å²) in [5.74, 6) is 1.11. The van der Waals surface area contributed by atoms with Crippen molar-refractivity contribution in [1.82, 2.24) is 0 Å². The summed E-state index contributed by atoms with van der Waals surface area (Å²) in [7, 11) is 3.12. The Morgan fingerprint density at radius 1 is 1.25 bits per heavy atom. The fourth-order valence-corrected chi connectivity index (χ4v) is 2.80. The lowest BCUT2D eigenvalue weighted by atomic mass is 10.2. The Balaban J connectivity index is 2.10. The van der Waals surface area contributed by atoms with Gasteiger partial charge in [0.2, 0.25) is 5.91 Å². The molecule has 1 N–H and O–H groups in total. The topological polar surface area (TPSA) is 47.6 Å². The molecule has 0 aliphatic heterocycles. The molecule has 0 fully saturated rings. The number of halogens is 1. The minimum Gasteiger partial charge on any atom is -0.497 e. The van der Waals surface area contributed by atoms with Gasteiger partial charge in [0, 0.05) is 10.9 Å². The van der Waals surface area contributed by atoms with Crippen LogP contribution < -0.4 is 14.8 Å². The molecule has 2 rings (SSSR count). The number of amides is 1. The highest BCUT2D eigenvalue weighted by Crippen LogP contribution is 2.29. The van der Waals surface area contributed by atoms with Crippen LogP contribution in [0.3, 0.4) is 0 Å². The number of thiophene rings is 1. The summed E-state index contributed by atoms with van der Waals surface area (Å²) in [4.78, 5) is 12.9. The first kappa shape index (κ1) is 14.7. The molecule has 1 amide bonds. The third-order valence-corrected chi connectivity index (χ3v) is 3.88. The van der Waals surface area contributed by atoms with Gasteiger partial charge in [-0.2, -0.15) is 0 Å². The average molecular weight is 312 g/mol. The molecule has 4 nitrogen and oxygen atoms in total. The maximum atomic E-state index is 12.0. The van der Waals surface area contributed by atoms with E-state index in [0.717, 1.165) is 4.88 Å². The Bertz CT molecular complexity index is 612. The van der Waals surface area contributed by atoms with Crippen LogP contribution in [0, 0.1) is 0 Å². The van der Waals surface area contributed by atoms with E-state index in [9.17, 15) is 4.79 Å². The van der Waals surface area contributed by atoms with Crippen molar-refractivity contribution in [3.63, 3.8) is 0 Å². The van der Waals surface area contributed by atoms with Gasteiger partial charge in [-0.05, 0) is 24.3 Å². The molecule has 6 heteroatoms. The van der Waals surface area contributed by atoms with E-state index in [-0.39, 0.29) is 12.3 Å². The summed E-state index contributed by atoms with van der Waals surface area (Å²) in [6.45, 7) is 0. The fraction of sp³-hybridized carbons (Fsp3) is 0.214. The van der Waals surface area contributed by atoms with Crippen LogP contribution in [0.4, 0.5) is 5.69 Å². The smallest absolute Gasteiger partial charge is 0.229 e. The standard InChI is InChI=1S/C14H14ClNO3S/c1-18-9-3-5-12(19-2)11(7-9)16-14(17)8-10-4-6-13(15)20-10/h3-7H,8H2,1-2H3,(H,16,17). The molecular weight excluding hydrogens is 298 g/mol. The molecule has 0 radical (unpaired) electrons. The molecular formula is C14H14ClNO3S. The lowest BCUT2D eigenvalue weighted by molar-refractivity contribution is -0.115. The zero-order valence-electron chi connectivity index (χ0n) is 11.1. The second kappa shape index (κ2) is 6.63. The highest BCUT2D eigenvalue weighted by Gasteiger charge is 2.10. The third-order valence-electron chi connectivity index (χ3n) is 2.64. The molecule has 0 bridgehead atoms. The van der Waals surface area contributed by atoms with Gasteiger partial charge in [0.25, 0.3) is 0 Å². The van der Waals surface area contributed by atoms with Crippen molar-refractivity contribution < 1.29 is 14.3 Å². The van der Waals surface area contributed by atoms with Crippen molar-refractivity contribution in [2.24, 2.45) is 0 Å². The molecule has 0 saturated carbocycles. The predicted molar refractivity (Wildman–Crippen MR) is 81.2 cm³/mol. The SMILES string of the molecule is COc1ccc(OC)c(NC(=O)Cc2ccc(Cl)s2)c1. The van der Waals surface area contributed by atoms with E-state index < -0.39 is 0 Å². The number of rotatable bonds is 5. The molecule has 1 heterocycles. The van der Waals surface area contributed by atoms with Crippen LogP contribution >= 0.6 is 22.9 Å². The maximum Gasteiger partial charge on any atom is 0.229 e. The Morgan fingerprint density at radius 3 is 2.65 bits per heavy atom. The summed E-state index contributed by atoms with van der Waals surface area (Å²) < 4.78 is 11.0. The second-order valence-electron chi connectivity index (χ2n) is 4.00. The van der Waals surface area contributed by atoms with E-state index in [2.05, 4.69) is 5.32 Å². The highest BCUT2D eigenvalue weighted by molar-refractivity contribution is 7.16. The normalized spacial score (nSPS) is 10.2. The van der Waals surface area contributed by atoms with Gasteiger partial charge in [-0.3, -0.25) is 4.79 Å². The first-order chi connectivity index (χ1) is 9.62. The van der Waals surface area contributed by atoms with Gasteiger partial charge in [0.1, 0.15) is 11.5 Å². The van der Waals surface area contributed by atoms with Crippen LogP contribution in [-0.2, 0) is 11.2 Å². The van der Waals surface area contributed by atoms with Gasteiger partial charge in [0.05, 0.1) is 30.7 Å². The van der Waals surface area contributed by atoms with Crippen LogP contribution in [0.2, 0.25) is 4.34 Å². The summed E-state index contributed by atoms with van der Waals surface area (Å²) in [6.07, 6.45) is 0.276.